The Hall–Kier alpha value is -3.19. The second kappa shape index (κ2) is 9.82. The lowest BCUT2D eigenvalue weighted by Gasteiger charge is -2.43. The topological polar surface area (TPSA) is 125 Å². The lowest BCUT2D eigenvalue weighted by Crippen LogP contribution is -2.58. The lowest BCUT2D eigenvalue weighted by atomic mass is 10.1. The summed E-state index contributed by atoms with van der Waals surface area (Å²) in [4.78, 5) is 17.5. The fraction of sp³-hybridized carbons (Fsp3) is 0.364. The molecule has 11 nitrogen and oxygen atoms in total. The Morgan fingerprint density at radius 1 is 1.31 bits per heavy atom. The number of H-pyrrole nitrogens is 1. The molecule has 0 aliphatic carbocycles. The Morgan fingerprint density at radius 2 is 2.09 bits per heavy atom. The van der Waals surface area contributed by atoms with Gasteiger partial charge in [0.25, 0.3) is 0 Å². The molecule has 35 heavy (non-hydrogen) atoms. The van der Waals surface area contributed by atoms with Crippen LogP contribution in [0, 0.1) is 12.3 Å². The van der Waals surface area contributed by atoms with E-state index in [4.69, 9.17) is 5.41 Å². The lowest BCUT2D eigenvalue weighted by molar-refractivity contribution is 0.293. The number of rotatable bonds is 5. The minimum Gasteiger partial charge on any atom is -0.368 e. The molecule has 0 amide bonds. The molecule has 2 N–H and O–H groups in total. The van der Waals surface area contributed by atoms with Crippen molar-refractivity contribution in [2.75, 3.05) is 42.9 Å². The molecule has 0 unspecified atom stereocenters. The summed E-state index contributed by atoms with van der Waals surface area (Å²) < 4.78 is 32.0. The molecular weight excluding hydrogens is 534 g/mol. The number of aryl methyl sites for hydroxylation is 1. The van der Waals surface area contributed by atoms with Crippen LogP contribution >= 0.6 is 15.9 Å². The SMILES string of the molecule is Cc1c[nH]c2ncnc(N3CCN(C(=N)N(c4cccc(Br)c4)S(=O)(=O)/N=C/N(C)C)[C@@H](C)C3)c12. The maximum atomic E-state index is 13.3. The van der Waals surface area contributed by atoms with E-state index in [0.717, 1.165) is 26.7 Å². The molecule has 0 spiro atoms. The Balaban J connectivity index is 1.64. The zero-order chi connectivity index (χ0) is 25.3. The van der Waals surface area contributed by atoms with Crippen LogP contribution in [0.2, 0.25) is 0 Å². The van der Waals surface area contributed by atoms with Crippen molar-refractivity contribution in [3.8, 4) is 0 Å². The van der Waals surface area contributed by atoms with Gasteiger partial charge in [-0.15, -0.1) is 4.40 Å². The van der Waals surface area contributed by atoms with Gasteiger partial charge in [-0.05, 0) is 37.6 Å². The van der Waals surface area contributed by atoms with E-state index in [9.17, 15) is 8.42 Å². The van der Waals surface area contributed by atoms with Crippen LogP contribution < -0.4 is 9.21 Å². The summed E-state index contributed by atoms with van der Waals surface area (Å²) in [6.45, 7) is 5.55. The van der Waals surface area contributed by atoms with Gasteiger partial charge < -0.3 is 19.7 Å². The van der Waals surface area contributed by atoms with Gasteiger partial charge in [0.2, 0.25) is 5.96 Å². The smallest absolute Gasteiger partial charge is 0.352 e. The van der Waals surface area contributed by atoms with Gasteiger partial charge in [-0.3, -0.25) is 5.41 Å². The Kier molecular flexibility index (Phi) is 6.99. The molecule has 1 fully saturated rings. The van der Waals surface area contributed by atoms with Crippen LogP contribution in [0.5, 0.6) is 0 Å². The normalized spacial score (nSPS) is 16.8. The standard InChI is InChI=1S/C22H28BrN9O2S/c1-15-11-25-20-19(15)21(27-13-26-20)30-8-9-31(16(2)12-30)22(24)32(18-7-5-6-17(23)10-18)35(33,34)28-14-29(3)4/h5-7,10-11,13-14,16,24H,8-9,12H2,1-4H3,(H,25,26,27)/b24-22?,28-14+/t16-/m0/s1. The summed E-state index contributed by atoms with van der Waals surface area (Å²) >= 11 is 3.40. The first-order valence-electron chi connectivity index (χ1n) is 11.0. The van der Waals surface area contributed by atoms with Crippen molar-refractivity contribution in [1.29, 1.82) is 5.41 Å². The fourth-order valence-corrected chi connectivity index (χ4v) is 5.58. The average Bonchev–Trinajstić information content (AvgIpc) is 3.19. The molecule has 0 bridgehead atoms. The molecule has 2 aromatic heterocycles. The first-order valence-corrected chi connectivity index (χ1v) is 13.2. The number of piperazine rings is 1. The van der Waals surface area contributed by atoms with E-state index in [0.29, 0.717) is 29.8 Å². The van der Waals surface area contributed by atoms with Gasteiger partial charge in [-0.1, -0.05) is 22.0 Å². The van der Waals surface area contributed by atoms with Gasteiger partial charge in [-0.2, -0.15) is 12.7 Å². The number of hydrogen-bond donors (Lipinski definition) is 2. The maximum Gasteiger partial charge on any atom is 0.352 e. The van der Waals surface area contributed by atoms with Crippen LogP contribution in [-0.4, -0.2) is 85.2 Å². The summed E-state index contributed by atoms with van der Waals surface area (Å²) in [5.74, 6) is 0.677. The first-order chi connectivity index (χ1) is 16.6. The van der Waals surface area contributed by atoms with Crippen LogP contribution in [0.15, 0.2) is 45.7 Å². The highest BCUT2D eigenvalue weighted by molar-refractivity contribution is 9.10. The van der Waals surface area contributed by atoms with E-state index >= 15 is 0 Å². The van der Waals surface area contributed by atoms with Crippen molar-refractivity contribution in [1.82, 2.24) is 24.8 Å². The Bertz CT molecular complexity index is 1370. The van der Waals surface area contributed by atoms with Gasteiger partial charge in [-0.25, -0.2) is 9.97 Å². The third-order valence-corrected chi connectivity index (χ3v) is 7.42. The number of hydrogen-bond acceptors (Lipinski definition) is 6. The minimum absolute atomic E-state index is 0.156. The summed E-state index contributed by atoms with van der Waals surface area (Å²) in [5.41, 5.74) is 2.17. The monoisotopic (exact) mass is 561 g/mol. The summed E-state index contributed by atoms with van der Waals surface area (Å²) in [6, 6.07) is 6.67. The molecular formula is C22H28BrN9O2S. The molecule has 3 aromatic rings. The predicted octanol–water partition coefficient (Wildman–Crippen LogP) is 2.82. The fourth-order valence-electron chi connectivity index (χ4n) is 4.09. The molecule has 0 saturated carbocycles. The molecule has 1 aromatic carbocycles. The van der Waals surface area contributed by atoms with E-state index in [1.807, 2.05) is 20.0 Å². The zero-order valence-corrected chi connectivity index (χ0v) is 22.4. The molecule has 1 saturated heterocycles. The van der Waals surface area contributed by atoms with Crippen molar-refractivity contribution in [2.45, 2.75) is 19.9 Å². The second-order valence-corrected chi connectivity index (χ2v) is 11.0. The van der Waals surface area contributed by atoms with Crippen LogP contribution in [0.3, 0.4) is 0 Å². The molecule has 13 heteroatoms. The third-order valence-electron chi connectivity index (χ3n) is 5.72. The highest BCUT2D eigenvalue weighted by atomic mass is 79.9. The zero-order valence-electron chi connectivity index (χ0n) is 20.0. The summed E-state index contributed by atoms with van der Waals surface area (Å²) in [5, 5.41) is 9.92. The number of benzene rings is 1. The first kappa shape index (κ1) is 24.9. The Labute approximate surface area is 213 Å². The summed E-state index contributed by atoms with van der Waals surface area (Å²) in [7, 11) is -0.844. The number of nitrogens with one attached hydrogen (secondary N) is 2. The predicted molar refractivity (Wildman–Crippen MR) is 142 cm³/mol. The van der Waals surface area contributed by atoms with Crippen LogP contribution in [-0.2, 0) is 10.2 Å². The molecule has 1 aliphatic rings. The minimum atomic E-state index is -4.22. The molecule has 186 valence electrons. The molecule has 4 rings (SSSR count). The van der Waals surface area contributed by atoms with Crippen LogP contribution in [0.1, 0.15) is 12.5 Å². The van der Waals surface area contributed by atoms with Crippen molar-refractivity contribution < 1.29 is 8.42 Å². The highest BCUT2D eigenvalue weighted by Crippen LogP contribution is 2.29. The highest BCUT2D eigenvalue weighted by Gasteiger charge is 2.35. The maximum absolute atomic E-state index is 13.3. The summed E-state index contributed by atoms with van der Waals surface area (Å²) in [6.07, 6.45) is 4.67. The van der Waals surface area contributed by atoms with Crippen LogP contribution in [0.25, 0.3) is 11.0 Å². The number of aromatic nitrogens is 3. The number of fused-ring (bicyclic) bond motifs is 1. The third kappa shape index (κ3) is 5.10. The van der Waals surface area contributed by atoms with E-state index in [1.54, 1.807) is 43.3 Å². The number of aromatic amines is 1. The van der Waals surface area contributed by atoms with Gasteiger partial charge in [0, 0.05) is 50.4 Å². The number of halogens is 1. The molecule has 1 atom stereocenters. The Morgan fingerprint density at radius 3 is 2.77 bits per heavy atom. The van der Waals surface area contributed by atoms with Gasteiger partial charge in [0.1, 0.15) is 24.1 Å². The van der Waals surface area contributed by atoms with E-state index in [-0.39, 0.29) is 12.0 Å². The number of guanidine groups is 1. The average molecular weight is 562 g/mol. The van der Waals surface area contributed by atoms with Crippen LogP contribution in [0.4, 0.5) is 11.5 Å². The largest absolute Gasteiger partial charge is 0.368 e. The molecule has 1 aliphatic heterocycles. The van der Waals surface area contributed by atoms with E-state index < -0.39 is 10.2 Å². The van der Waals surface area contributed by atoms with E-state index in [1.165, 1.54) is 17.6 Å². The van der Waals surface area contributed by atoms with E-state index in [2.05, 4.69) is 40.2 Å². The van der Waals surface area contributed by atoms with Crippen molar-refractivity contribution in [3.05, 3.63) is 46.8 Å². The van der Waals surface area contributed by atoms with Gasteiger partial charge >= 0.3 is 10.2 Å². The molecule has 0 radical (unpaired) electrons. The molecule has 3 heterocycles. The second-order valence-electron chi connectivity index (χ2n) is 8.61. The van der Waals surface area contributed by atoms with Crippen molar-refractivity contribution in [3.63, 3.8) is 0 Å². The van der Waals surface area contributed by atoms with Crippen molar-refractivity contribution >= 4 is 61.0 Å². The number of anilines is 2. The number of nitrogens with zero attached hydrogens (tertiary/aromatic N) is 7. The quantitative estimate of drug-likeness (QED) is 0.362. The van der Waals surface area contributed by atoms with Crippen molar-refractivity contribution in [2.24, 2.45) is 4.40 Å². The van der Waals surface area contributed by atoms with Gasteiger partial charge in [0.15, 0.2) is 0 Å². The van der Waals surface area contributed by atoms with Gasteiger partial charge in [0.05, 0.1) is 11.1 Å².